The van der Waals surface area contributed by atoms with Gasteiger partial charge in [0.15, 0.2) is 0 Å². The Kier molecular flexibility index (Phi) is 8.19. The molecule has 0 unspecified atom stereocenters. The van der Waals surface area contributed by atoms with Gasteiger partial charge in [-0.1, -0.05) is 18.2 Å². The van der Waals surface area contributed by atoms with E-state index >= 15 is 0 Å². The number of aryl methyl sites for hydroxylation is 1. The molecule has 0 radical (unpaired) electrons. The van der Waals surface area contributed by atoms with Gasteiger partial charge in [0.05, 0.1) is 12.2 Å². The Bertz CT molecular complexity index is 954. The smallest absolute Gasteiger partial charge is 0.342 e. The highest BCUT2D eigenvalue weighted by molar-refractivity contribution is 5.91. The summed E-state index contributed by atoms with van der Waals surface area (Å²) in [6.45, 7) is 9.27. The van der Waals surface area contributed by atoms with Crippen LogP contribution in [0, 0.1) is 5.82 Å². The first-order valence-electron chi connectivity index (χ1n) is 11.6. The molecule has 180 valence electrons. The highest BCUT2D eigenvalue weighted by atomic mass is 19.1. The van der Waals surface area contributed by atoms with Crippen LogP contribution in [0.15, 0.2) is 36.4 Å². The third kappa shape index (κ3) is 6.60. The van der Waals surface area contributed by atoms with Crippen LogP contribution in [0.25, 0.3) is 0 Å². The standard InChI is InChI=1S/C13H17FO4.C13H17NO/c1-7(2)17-9-5-10(14)12(13(15)16)11(6-9)18-8(3)4;1-2-4-12-11(3-1)5-6-13(15-12)7-9-14-10-8-13/h5-8H,1-4H3,(H,15,16);1-4,14H,5-10H2. The maximum atomic E-state index is 13.7. The van der Waals surface area contributed by atoms with Crippen molar-refractivity contribution in [1.29, 1.82) is 0 Å². The zero-order chi connectivity index (χ0) is 24.0. The maximum absolute atomic E-state index is 13.7. The number of rotatable bonds is 5. The van der Waals surface area contributed by atoms with Crippen LogP contribution >= 0.6 is 0 Å². The monoisotopic (exact) mass is 459 g/mol. The molecule has 0 amide bonds. The molecule has 1 saturated heterocycles. The number of hydrogen-bond acceptors (Lipinski definition) is 5. The van der Waals surface area contributed by atoms with Gasteiger partial charge in [-0.05, 0) is 78.1 Å². The molecule has 6 nitrogen and oxygen atoms in total. The van der Waals surface area contributed by atoms with E-state index in [4.69, 9.17) is 19.3 Å². The van der Waals surface area contributed by atoms with Crippen molar-refractivity contribution in [3.05, 3.63) is 53.3 Å². The Balaban J connectivity index is 0.000000188. The second-order valence-electron chi connectivity index (χ2n) is 9.06. The zero-order valence-corrected chi connectivity index (χ0v) is 19.8. The van der Waals surface area contributed by atoms with Crippen LogP contribution in [0.4, 0.5) is 4.39 Å². The lowest BCUT2D eigenvalue weighted by atomic mass is 9.84. The molecule has 1 spiro atoms. The van der Waals surface area contributed by atoms with Crippen LogP contribution in [-0.2, 0) is 6.42 Å². The van der Waals surface area contributed by atoms with Crippen molar-refractivity contribution >= 4 is 5.97 Å². The Hall–Kier alpha value is -2.80. The molecule has 2 heterocycles. The fraction of sp³-hybridized carbons (Fsp3) is 0.500. The number of carboxylic acid groups (broad SMARTS) is 1. The Morgan fingerprint density at radius 3 is 2.36 bits per heavy atom. The second kappa shape index (κ2) is 10.9. The molecule has 0 saturated carbocycles. The molecule has 2 aliphatic heterocycles. The van der Waals surface area contributed by atoms with E-state index < -0.39 is 17.3 Å². The van der Waals surface area contributed by atoms with Gasteiger partial charge >= 0.3 is 5.97 Å². The summed E-state index contributed by atoms with van der Waals surface area (Å²) in [5, 5.41) is 12.4. The molecular weight excluding hydrogens is 425 g/mol. The first kappa shape index (κ1) is 24.8. The van der Waals surface area contributed by atoms with Crippen molar-refractivity contribution in [3.63, 3.8) is 0 Å². The van der Waals surface area contributed by atoms with Gasteiger partial charge in [-0.3, -0.25) is 0 Å². The SMILES string of the molecule is CC(C)Oc1cc(F)c(C(=O)O)c(OC(C)C)c1.c1ccc2c(c1)CCC1(CCNCC1)O2. The third-order valence-electron chi connectivity index (χ3n) is 5.64. The summed E-state index contributed by atoms with van der Waals surface area (Å²) in [6, 6.07) is 10.9. The van der Waals surface area contributed by atoms with Crippen molar-refractivity contribution in [2.24, 2.45) is 0 Å². The summed E-state index contributed by atoms with van der Waals surface area (Å²) in [6.07, 6.45) is 4.29. The van der Waals surface area contributed by atoms with E-state index in [9.17, 15) is 9.18 Å². The van der Waals surface area contributed by atoms with Gasteiger partial charge in [0.25, 0.3) is 0 Å². The molecule has 33 heavy (non-hydrogen) atoms. The first-order chi connectivity index (χ1) is 15.7. The molecule has 0 aliphatic carbocycles. The number of carboxylic acids is 1. The predicted molar refractivity (Wildman–Crippen MR) is 125 cm³/mol. The Morgan fingerprint density at radius 1 is 1.06 bits per heavy atom. The first-order valence-corrected chi connectivity index (χ1v) is 11.6. The number of piperidine rings is 1. The van der Waals surface area contributed by atoms with E-state index in [2.05, 4.69) is 29.6 Å². The van der Waals surface area contributed by atoms with E-state index in [0.29, 0.717) is 0 Å². The van der Waals surface area contributed by atoms with Gasteiger partial charge < -0.3 is 24.6 Å². The Morgan fingerprint density at radius 2 is 1.73 bits per heavy atom. The van der Waals surface area contributed by atoms with Crippen LogP contribution in [0.3, 0.4) is 0 Å². The van der Waals surface area contributed by atoms with Gasteiger partial charge in [0, 0.05) is 12.1 Å². The fourth-order valence-corrected chi connectivity index (χ4v) is 4.14. The topological polar surface area (TPSA) is 77.0 Å². The molecule has 0 bridgehead atoms. The van der Waals surface area contributed by atoms with Gasteiger partial charge in [-0.25, -0.2) is 9.18 Å². The van der Waals surface area contributed by atoms with E-state index in [1.54, 1.807) is 27.7 Å². The summed E-state index contributed by atoms with van der Waals surface area (Å²) < 4.78 is 30.6. The average Bonchev–Trinajstić information content (AvgIpc) is 2.73. The molecule has 2 N–H and O–H groups in total. The highest BCUT2D eigenvalue weighted by Crippen LogP contribution is 2.37. The van der Waals surface area contributed by atoms with Crippen molar-refractivity contribution in [3.8, 4) is 17.2 Å². The maximum Gasteiger partial charge on any atom is 0.342 e. The number of hydrogen-bond donors (Lipinski definition) is 2. The molecule has 2 aromatic rings. The zero-order valence-electron chi connectivity index (χ0n) is 19.8. The Labute approximate surface area is 195 Å². The van der Waals surface area contributed by atoms with Crippen LogP contribution in [-0.4, -0.2) is 42.0 Å². The molecule has 2 aromatic carbocycles. The summed E-state index contributed by atoms with van der Waals surface area (Å²) in [5.41, 5.74) is 1.04. The number of nitrogens with one attached hydrogen (secondary N) is 1. The average molecular weight is 460 g/mol. The molecule has 4 rings (SSSR count). The minimum Gasteiger partial charge on any atom is -0.491 e. The normalized spacial score (nSPS) is 16.5. The molecule has 2 aliphatic rings. The van der Waals surface area contributed by atoms with Gasteiger partial charge in [0.1, 0.15) is 34.2 Å². The van der Waals surface area contributed by atoms with Crippen LogP contribution in [0.1, 0.15) is 62.9 Å². The van der Waals surface area contributed by atoms with Gasteiger partial charge in [-0.15, -0.1) is 0 Å². The molecule has 7 heteroatoms. The van der Waals surface area contributed by atoms with Crippen LogP contribution < -0.4 is 19.5 Å². The van der Waals surface area contributed by atoms with Gasteiger partial charge in [0.2, 0.25) is 0 Å². The third-order valence-corrected chi connectivity index (χ3v) is 5.64. The number of benzene rings is 2. The second-order valence-corrected chi connectivity index (χ2v) is 9.06. The summed E-state index contributed by atoms with van der Waals surface area (Å²) >= 11 is 0. The lowest BCUT2D eigenvalue weighted by Gasteiger charge is -2.41. The van der Waals surface area contributed by atoms with E-state index in [1.807, 2.05) is 0 Å². The minimum atomic E-state index is -1.36. The quantitative estimate of drug-likeness (QED) is 0.637. The van der Waals surface area contributed by atoms with Crippen molar-refractivity contribution in [2.75, 3.05) is 13.1 Å². The van der Waals surface area contributed by atoms with Gasteiger partial charge in [-0.2, -0.15) is 0 Å². The number of carbonyl (C=O) groups is 1. The number of ether oxygens (including phenoxy) is 3. The van der Waals surface area contributed by atoms with Crippen molar-refractivity contribution in [2.45, 2.75) is 71.2 Å². The largest absolute Gasteiger partial charge is 0.491 e. The van der Waals surface area contributed by atoms with E-state index in [1.165, 1.54) is 24.5 Å². The number of halogens is 1. The highest BCUT2D eigenvalue weighted by Gasteiger charge is 2.37. The van der Waals surface area contributed by atoms with Crippen LogP contribution in [0.5, 0.6) is 17.2 Å². The predicted octanol–water partition coefficient (Wildman–Crippen LogP) is 5.23. The van der Waals surface area contributed by atoms with E-state index in [0.717, 1.165) is 37.7 Å². The summed E-state index contributed by atoms with van der Waals surface area (Å²) in [5.74, 6) is -0.877. The van der Waals surface area contributed by atoms with Crippen molar-refractivity contribution < 1.29 is 28.5 Å². The molecule has 1 fully saturated rings. The lowest BCUT2D eigenvalue weighted by molar-refractivity contribution is 0.0170. The number of para-hydroxylation sites is 1. The molecular formula is C26H34FNO5. The summed E-state index contributed by atoms with van der Waals surface area (Å²) in [4.78, 5) is 11.0. The number of fused-ring (bicyclic) bond motifs is 1. The van der Waals surface area contributed by atoms with E-state index in [-0.39, 0.29) is 29.3 Å². The fourth-order valence-electron chi connectivity index (χ4n) is 4.14. The lowest BCUT2D eigenvalue weighted by Crippen LogP contribution is -2.48. The summed E-state index contributed by atoms with van der Waals surface area (Å²) in [7, 11) is 0. The van der Waals surface area contributed by atoms with Crippen molar-refractivity contribution in [1.82, 2.24) is 5.32 Å². The minimum absolute atomic E-state index is 0.0202. The number of aromatic carboxylic acids is 1. The van der Waals surface area contributed by atoms with Crippen LogP contribution in [0.2, 0.25) is 0 Å². The molecule has 0 aromatic heterocycles. The molecule has 0 atom stereocenters.